The second-order valence-corrected chi connectivity index (χ2v) is 8.90. The number of rotatable bonds is 4. The maximum absolute atomic E-state index is 11.6. The van der Waals surface area contributed by atoms with Gasteiger partial charge in [-0.25, -0.2) is 4.79 Å². The van der Waals surface area contributed by atoms with E-state index in [9.17, 15) is 9.90 Å². The van der Waals surface area contributed by atoms with Gasteiger partial charge in [-0.1, -0.05) is 30.4 Å². The minimum absolute atomic E-state index is 0.156. The molecule has 144 valence electrons. The maximum atomic E-state index is 11.6. The van der Waals surface area contributed by atoms with Crippen LogP contribution in [-0.2, 0) is 0 Å². The molecule has 2 N–H and O–H groups in total. The average molecular weight is 394 g/mol. The molecule has 2 aromatic rings. The van der Waals surface area contributed by atoms with Crippen LogP contribution in [0.15, 0.2) is 48.6 Å². The summed E-state index contributed by atoms with van der Waals surface area (Å²) in [5.74, 6) is 2.96. The molecule has 3 atom stereocenters. The lowest BCUT2D eigenvalue weighted by Gasteiger charge is -2.38. The van der Waals surface area contributed by atoms with Crippen molar-refractivity contribution in [1.82, 2.24) is 0 Å². The Morgan fingerprint density at radius 2 is 1.96 bits per heavy atom. The second-order valence-electron chi connectivity index (χ2n) is 7.83. The van der Waals surface area contributed by atoms with Crippen molar-refractivity contribution in [3.05, 3.63) is 70.8 Å². The third-order valence-electron chi connectivity index (χ3n) is 6.18. The molecule has 5 heteroatoms. The maximum Gasteiger partial charge on any atom is 0.336 e. The normalized spacial score (nSPS) is 25.4. The van der Waals surface area contributed by atoms with E-state index in [1.807, 2.05) is 24.8 Å². The van der Waals surface area contributed by atoms with E-state index in [0.29, 0.717) is 23.5 Å². The van der Waals surface area contributed by atoms with Gasteiger partial charge in [-0.2, -0.15) is 11.8 Å². The third-order valence-corrected chi connectivity index (χ3v) is 7.39. The van der Waals surface area contributed by atoms with Gasteiger partial charge in [0.1, 0.15) is 11.9 Å². The van der Waals surface area contributed by atoms with Gasteiger partial charge in [-0.05, 0) is 54.2 Å². The number of carboxylic acids is 1. The molecule has 1 saturated heterocycles. The van der Waals surface area contributed by atoms with Gasteiger partial charge < -0.3 is 15.2 Å². The highest BCUT2D eigenvalue weighted by Gasteiger charge is 2.39. The third kappa shape index (κ3) is 2.89. The smallest absolute Gasteiger partial charge is 0.336 e. The van der Waals surface area contributed by atoms with E-state index in [1.165, 1.54) is 11.1 Å². The van der Waals surface area contributed by atoms with Gasteiger partial charge in [-0.3, -0.25) is 0 Å². The molecule has 28 heavy (non-hydrogen) atoms. The number of ether oxygens (including phenoxy) is 1. The predicted molar refractivity (Wildman–Crippen MR) is 113 cm³/mol. The molecule has 2 aromatic carbocycles. The number of benzene rings is 2. The number of anilines is 1. The Hall–Kier alpha value is -2.40. The van der Waals surface area contributed by atoms with Crippen LogP contribution in [0.5, 0.6) is 5.75 Å². The van der Waals surface area contributed by atoms with E-state index < -0.39 is 5.97 Å². The summed E-state index contributed by atoms with van der Waals surface area (Å²) < 4.78 is 5.98. The molecule has 2 aliphatic heterocycles. The standard InChI is InChI=1S/C23H23NO3S/c1-13-17(23(25)26)9-10-20-18-3-2-4-19(18)22(24-21(13)20)14-5-7-15(8-6-14)27-16-11-28-12-16/h2-3,5-10,16,18-19,22,24H,4,11-12H2,1H3,(H,25,26)/t18-,19+,22+/m1/s1. The molecule has 0 spiro atoms. The van der Waals surface area contributed by atoms with Crippen LogP contribution in [0.25, 0.3) is 0 Å². The zero-order valence-electron chi connectivity index (χ0n) is 15.7. The van der Waals surface area contributed by atoms with Gasteiger partial charge in [0.15, 0.2) is 0 Å². The highest BCUT2D eigenvalue weighted by Crippen LogP contribution is 2.51. The van der Waals surface area contributed by atoms with Crippen molar-refractivity contribution in [3.8, 4) is 5.75 Å². The van der Waals surface area contributed by atoms with E-state index in [2.05, 4.69) is 41.7 Å². The molecular weight excluding hydrogens is 370 g/mol. The number of aromatic carboxylic acids is 1. The molecule has 0 radical (unpaired) electrons. The first-order valence-electron chi connectivity index (χ1n) is 9.76. The lowest BCUT2D eigenvalue weighted by atomic mass is 9.76. The molecule has 3 aliphatic rings. The SMILES string of the molecule is Cc1c(C(=O)O)ccc2c1N[C@@H](c1ccc(OC3CSC3)cc1)[C@H]1CC=C[C@@H]21. The van der Waals surface area contributed by atoms with E-state index in [0.717, 1.165) is 34.9 Å². The van der Waals surface area contributed by atoms with Gasteiger partial charge in [0.25, 0.3) is 0 Å². The molecule has 0 saturated carbocycles. The van der Waals surface area contributed by atoms with E-state index >= 15 is 0 Å². The summed E-state index contributed by atoms with van der Waals surface area (Å²) in [6.07, 6.45) is 5.91. The van der Waals surface area contributed by atoms with Crippen LogP contribution in [-0.4, -0.2) is 28.7 Å². The average Bonchev–Trinajstić information content (AvgIpc) is 3.15. The van der Waals surface area contributed by atoms with Crippen LogP contribution < -0.4 is 10.1 Å². The first-order chi connectivity index (χ1) is 13.6. The number of fused-ring (bicyclic) bond motifs is 3. The Morgan fingerprint density at radius 1 is 1.18 bits per heavy atom. The van der Waals surface area contributed by atoms with E-state index in [4.69, 9.17) is 4.74 Å². The Labute approximate surface area is 169 Å². The first-order valence-corrected chi connectivity index (χ1v) is 10.9. The monoisotopic (exact) mass is 393 g/mol. The minimum Gasteiger partial charge on any atom is -0.489 e. The minimum atomic E-state index is -0.876. The van der Waals surface area contributed by atoms with Gasteiger partial charge in [0, 0.05) is 23.1 Å². The number of carboxylic acid groups (broad SMARTS) is 1. The Morgan fingerprint density at radius 3 is 2.64 bits per heavy atom. The van der Waals surface area contributed by atoms with E-state index in [1.54, 1.807) is 6.07 Å². The van der Waals surface area contributed by atoms with Crippen molar-refractivity contribution in [2.24, 2.45) is 5.92 Å². The lowest BCUT2D eigenvalue weighted by Crippen LogP contribution is -2.31. The van der Waals surface area contributed by atoms with Gasteiger partial charge in [0.2, 0.25) is 0 Å². The van der Waals surface area contributed by atoms with Crippen LogP contribution in [0, 0.1) is 12.8 Å². The molecule has 0 amide bonds. The first kappa shape index (κ1) is 17.7. The summed E-state index contributed by atoms with van der Waals surface area (Å²) in [7, 11) is 0. The molecule has 0 bridgehead atoms. The summed E-state index contributed by atoms with van der Waals surface area (Å²) in [5.41, 5.74) is 4.59. The number of nitrogens with one attached hydrogen (secondary N) is 1. The highest BCUT2D eigenvalue weighted by atomic mass is 32.2. The Balaban J connectivity index is 1.48. The number of hydrogen-bond donors (Lipinski definition) is 2. The van der Waals surface area contributed by atoms with Crippen LogP contribution in [0.1, 0.15) is 45.4 Å². The second kappa shape index (κ2) is 6.89. The fraction of sp³-hybridized carbons (Fsp3) is 0.348. The predicted octanol–water partition coefficient (Wildman–Crippen LogP) is 5.01. The highest BCUT2D eigenvalue weighted by molar-refractivity contribution is 8.00. The summed E-state index contributed by atoms with van der Waals surface area (Å²) in [6, 6.07) is 12.3. The summed E-state index contributed by atoms with van der Waals surface area (Å²) in [4.78, 5) is 11.6. The van der Waals surface area contributed by atoms with Crippen molar-refractivity contribution in [2.45, 2.75) is 31.4 Å². The summed E-state index contributed by atoms with van der Waals surface area (Å²) in [6.45, 7) is 1.90. The fourth-order valence-corrected chi connectivity index (χ4v) is 5.17. The van der Waals surface area contributed by atoms with Gasteiger partial charge in [-0.15, -0.1) is 0 Å². The van der Waals surface area contributed by atoms with Crippen LogP contribution in [0.4, 0.5) is 5.69 Å². The van der Waals surface area contributed by atoms with Gasteiger partial charge >= 0.3 is 5.97 Å². The molecule has 0 aromatic heterocycles. The van der Waals surface area contributed by atoms with Crippen LogP contribution >= 0.6 is 11.8 Å². The van der Waals surface area contributed by atoms with Gasteiger partial charge in [0.05, 0.1) is 11.6 Å². The van der Waals surface area contributed by atoms with Crippen molar-refractivity contribution in [1.29, 1.82) is 0 Å². The number of carbonyl (C=O) groups is 1. The summed E-state index contributed by atoms with van der Waals surface area (Å²) in [5, 5.41) is 13.2. The largest absolute Gasteiger partial charge is 0.489 e. The van der Waals surface area contributed by atoms with E-state index in [-0.39, 0.29) is 6.04 Å². The van der Waals surface area contributed by atoms with Crippen molar-refractivity contribution in [3.63, 3.8) is 0 Å². The van der Waals surface area contributed by atoms with Crippen molar-refractivity contribution >= 4 is 23.4 Å². The molecule has 0 unspecified atom stereocenters. The molecule has 2 heterocycles. The van der Waals surface area contributed by atoms with Crippen molar-refractivity contribution in [2.75, 3.05) is 16.8 Å². The molecule has 1 aliphatic carbocycles. The quantitative estimate of drug-likeness (QED) is 0.715. The fourth-order valence-electron chi connectivity index (χ4n) is 4.60. The zero-order valence-corrected chi connectivity index (χ0v) is 16.5. The number of thioether (sulfide) groups is 1. The molecule has 4 nitrogen and oxygen atoms in total. The van der Waals surface area contributed by atoms with Crippen molar-refractivity contribution < 1.29 is 14.6 Å². The zero-order chi connectivity index (χ0) is 19.3. The molecule has 5 rings (SSSR count). The van der Waals surface area contributed by atoms with Crippen LogP contribution in [0.2, 0.25) is 0 Å². The molecular formula is C23H23NO3S. The van der Waals surface area contributed by atoms with Crippen LogP contribution in [0.3, 0.4) is 0 Å². The molecule has 1 fully saturated rings. The summed E-state index contributed by atoms with van der Waals surface area (Å²) >= 11 is 1.91. The lowest BCUT2D eigenvalue weighted by molar-refractivity contribution is 0.0696. The number of hydrogen-bond acceptors (Lipinski definition) is 4. The topological polar surface area (TPSA) is 58.6 Å². The number of allylic oxidation sites excluding steroid dienone is 2. The Kier molecular flexibility index (Phi) is 4.35. The Bertz CT molecular complexity index is 949.